The van der Waals surface area contributed by atoms with Gasteiger partial charge in [0.2, 0.25) is 0 Å². The molecule has 1 fully saturated rings. The van der Waals surface area contributed by atoms with E-state index in [4.69, 9.17) is 4.74 Å². The second-order valence-electron chi connectivity index (χ2n) is 7.39. The number of hydrogen-bond acceptors (Lipinski definition) is 6. The van der Waals surface area contributed by atoms with Crippen LogP contribution in [0.4, 0.5) is 5.69 Å². The first-order chi connectivity index (χ1) is 13.6. The third-order valence-electron chi connectivity index (χ3n) is 5.33. The van der Waals surface area contributed by atoms with Gasteiger partial charge in [0.15, 0.2) is 0 Å². The number of β-amino-alcohol motifs (C(OH)–C–C–N with tert-alkyl or cyclic N) is 1. The van der Waals surface area contributed by atoms with E-state index in [0.29, 0.717) is 19.7 Å². The minimum absolute atomic E-state index is 0.0301. The van der Waals surface area contributed by atoms with Crippen molar-refractivity contribution in [2.24, 2.45) is 0 Å². The lowest BCUT2D eigenvalue weighted by atomic mass is 10.0. The third kappa shape index (κ3) is 5.19. The van der Waals surface area contributed by atoms with Crippen molar-refractivity contribution in [3.05, 3.63) is 58.5 Å². The molecule has 0 saturated carbocycles. The van der Waals surface area contributed by atoms with Crippen LogP contribution < -0.4 is 10.5 Å². The largest absolute Gasteiger partial charge is 0.387 e. The summed E-state index contributed by atoms with van der Waals surface area (Å²) >= 11 is 0. The predicted molar refractivity (Wildman–Crippen MR) is 110 cm³/mol. The maximum absolute atomic E-state index is 12.6. The zero-order valence-corrected chi connectivity index (χ0v) is 16.7. The van der Waals surface area contributed by atoms with Gasteiger partial charge in [0.05, 0.1) is 30.6 Å². The molecule has 0 spiro atoms. The zero-order chi connectivity index (χ0) is 19.9. The fourth-order valence-electron chi connectivity index (χ4n) is 3.67. The summed E-state index contributed by atoms with van der Waals surface area (Å²) in [5.74, 6) is 0. The predicted octanol–water partition coefficient (Wildman–Crippen LogP) is 1.70. The highest BCUT2D eigenvalue weighted by Crippen LogP contribution is 2.22. The van der Waals surface area contributed by atoms with E-state index in [9.17, 15) is 9.90 Å². The highest BCUT2D eigenvalue weighted by atomic mass is 16.5. The number of likely N-dealkylation sites (tertiary alicyclic amines) is 1. The van der Waals surface area contributed by atoms with Crippen molar-refractivity contribution in [3.63, 3.8) is 0 Å². The van der Waals surface area contributed by atoms with Crippen molar-refractivity contribution in [3.8, 4) is 0 Å². The van der Waals surface area contributed by atoms with Crippen LogP contribution in [0.1, 0.15) is 30.6 Å². The minimum atomic E-state index is -0.526. The van der Waals surface area contributed by atoms with Crippen LogP contribution >= 0.6 is 0 Å². The van der Waals surface area contributed by atoms with E-state index in [0.717, 1.165) is 37.2 Å². The minimum Gasteiger partial charge on any atom is -0.387 e. The normalized spacial score (nSPS) is 18.8. The maximum Gasteiger partial charge on any atom is 0.269 e. The summed E-state index contributed by atoms with van der Waals surface area (Å²) < 4.78 is 6.68. The summed E-state index contributed by atoms with van der Waals surface area (Å²) in [7, 11) is 3.58. The first-order valence-corrected chi connectivity index (χ1v) is 9.83. The molecular formula is C21H30N4O3. The number of aromatic nitrogens is 2. The molecule has 1 N–H and O–H groups in total. The van der Waals surface area contributed by atoms with Crippen LogP contribution in [-0.2, 0) is 4.74 Å². The summed E-state index contributed by atoms with van der Waals surface area (Å²) in [6.07, 6.45) is 3.12. The molecule has 0 bridgehead atoms. The highest BCUT2D eigenvalue weighted by molar-refractivity contribution is 5.41. The van der Waals surface area contributed by atoms with Gasteiger partial charge in [-0.25, -0.2) is 4.68 Å². The van der Waals surface area contributed by atoms with Crippen molar-refractivity contribution >= 4 is 5.69 Å². The Morgan fingerprint density at radius 1 is 1.36 bits per heavy atom. The molecule has 28 heavy (non-hydrogen) atoms. The number of benzene rings is 1. The Morgan fingerprint density at radius 3 is 2.86 bits per heavy atom. The van der Waals surface area contributed by atoms with Gasteiger partial charge in [0, 0.05) is 39.9 Å². The molecule has 7 heteroatoms. The average molecular weight is 386 g/mol. The van der Waals surface area contributed by atoms with E-state index < -0.39 is 6.10 Å². The molecule has 1 aromatic carbocycles. The lowest BCUT2D eigenvalue weighted by molar-refractivity contribution is 0.0830. The summed E-state index contributed by atoms with van der Waals surface area (Å²) in [6, 6.07) is 11.4. The second kappa shape index (κ2) is 9.82. The Labute approximate surface area is 166 Å². The SMILES string of the molecule is COCCN(C)c1cnn(C2CCCN(CC(O)c3ccccc3)C2)c(=O)c1. The smallest absolute Gasteiger partial charge is 0.269 e. The molecule has 0 radical (unpaired) electrons. The van der Waals surface area contributed by atoms with Gasteiger partial charge in [-0.3, -0.25) is 9.69 Å². The van der Waals surface area contributed by atoms with Gasteiger partial charge in [0.1, 0.15) is 0 Å². The number of ether oxygens (including phenoxy) is 1. The number of hydrogen-bond donors (Lipinski definition) is 1. The lowest BCUT2D eigenvalue weighted by Crippen LogP contribution is -2.42. The van der Waals surface area contributed by atoms with Crippen molar-refractivity contribution in [2.45, 2.75) is 25.0 Å². The number of aliphatic hydroxyl groups excluding tert-OH is 1. The molecule has 0 amide bonds. The molecule has 152 valence electrons. The Balaban J connectivity index is 1.64. The third-order valence-corrected chi connectivity index (χ3v) is 5.33. The van der Waals surface area contributed by atoms with E-state index in [1.165, 1.54) is 0 Å². The molecule has 1 aliphatic heterocycles. The second-order valence-corrected chi connectivity index (χ2v) is 7.39. The van der Waals surface area contributed by atoms with Gasteiger partial charge in [0.25, 0.3) is 5.56 Å². The fourth-order valence-corrected chi connectivity index (χ4v) is 3.67. The van der Waals surface area contributed by atoms with E-state index in [-0.39, 0.29) is 11.6 Å². The first kappa shape index (κ1) is 20.5. The van der Waals surface area contributed by atoms with Crippen LogP contribution in [-0.4, -0.2) is 66.7 Å². The van der Waals surface area contributed by atoms with Crippen LogP contribution in [0.2, 0.25) is 0 Å². The number of piperidine rings is 1. The number of aliphatic hydroxyl groups is 1. The molecule has 7 nitrogen and oxygen atoms in total. The van der Waals surface area contributed by atoms with Crippen LogP contribution in [0.15, 0.2) is 47.4 Å². The monoisotopic (exact) mass is 386 g/mol. The van der Waals surface area contributed by atoms with E-state index in [1.807, 2.05) is 42.3 Å². The summed E-state index contributed by atoms with van der Waals surface area (Å²) in [6.45, 7) is 3.51. The van der Waals surface area contributed by atoms with Crippen LogP contribution in [0.5, 0.6) is 0 Å². The Bertz CT molecular complexity index is 796. The van der Waals surface area contributed by atoms with Crippen molar-refractivity contribution in [2.75, 3.05) is 51.8 Å². The molecule has 1 aliphatic rings. The molecule has 1 saturated heterocycles. The first-order valence-electron chi connectivity index (χ1n) is 9.83. The van der Waals surface area contributed by atoms with Gasteiger partial charge in [-0.2, -0.15) is 5.10 Å². The molecule has 0 aliphatic carbocycles. The maximum atomic E-state index is 12.6. The summed E-state index contributed by atoms with van der Waals surface area (Å²) in [4.78, 5) is 16.8. The van der Waals surface area contributed by atoms with Gasteiger partial charge < -0.3 is 14.7 Å². The standard InChI is InChI=1S/C21H30N4O3/c1-23(11-12-28-2)19-13-21(27)25(22-14-19)18-9-6-10-24(15-18)16-20(26)17-7-4-3-5-8-17/h3-5,7-8,13-14,18,20,26H,6,9-12,15-16H2,1-2H3. The van der Waals surface area contributed by atoms with Gasteiger partial charge in [-0.05, 0) is 24.9 Å². The fraction of sp³-hybridized carbons (Fsp3) is 0.524. The van der Waals surface area contributed by atoms with Gasteiger partial charge >= 0.3 is 0 Å². The quantitative estimate of drug-likeness (QED) is 0.745. The highest BCUT2D eigenvalue weighted by Gasteiger charge is 2.25. The van der Waals surface area contributed by atoms with Crippen molar-refractivity contribution < 1.29 is 9.84 Å². The van der Waals surface area contributed by atoms with Crippen LogP contribution in [0.3, 0.4) is 0 Å². The number of anilines is 1. The van der Waals surface area contributed by atoms with Gasteiger partial charge in [-0.1, -0.05) is 30.3 Å². The van der Waals surface area contributed by atoms with Crippen LogP contribution in [0.25, 0.3) is 0 Å². The van der Waals surface area contributed by atoms with Gasteiger partial charge in [-0.15, -0.1) is 0 Å². The molecule has 2 aromatic rings. The number of nitrogens with zero attached hydrogens (tertiary/aromatic N) is 4. The molecule has 2 heterocycles. The number of rotatable bonds is 8. The lowest BCUT2D eigenvalue weighted by Gasteiger charge is -2.34. The summed E-state index contributed by atoms with van der Waals surface area (Å²) in [5.41, 5.74) is 1.63. The zero-order valence-electron chi connectivity index (χ0n) is 16.7. The molecule has 2 unspecified atom stereocenters. The molecule has 2 atom stereocenters. The van der Waals surface area contributed by atoms with Crippen molar-refractivity contribution in [1.29, 1.82) is 0 Å². The molecule has 1 aromatic heterocycles. The summed E-state index contributed by atoms with van der Waals surface area (Å²) in [5, 5.41) is 14.9. The van der Waals surface area contributed by atoms with E-state index >= 15 is 0 Å². The van der Waals surface area contributed by atoms with E-state index in [2.05, 4.69) is 10.00 Å². The van der Waals surface area contributed by atoms with Crippen molar-refractivity contribution in [1.82, 2.24) is 14.7 Å². The number of likely N-dealkylation sites (N-methyl/N-ethyl adjacent to an activating group) is 1. The molecular weight excluding hydrogens is 356 g/mol. The average Bonchev–Trinajstić information content (AvgIpc) is 2.72. The number of methoxy groups -OCH3 is 1. The van der Waals surface area contributed by atoms with E-state index in [1.54, 1.807) is 24.1 Å². The molecule has 3 rings (SSSR count). The van der Waals surface area contributed by atoms with Crippen LogP contribution in [0, 0.1) is 0 Å². The Hall–Kier alpha value is -2.22. The Kier molecular flexibility index (Phi) is 7.19. The Morgan fingerprint density at radius 2 is 2.14 bits per heavy atom. The topological polar surface area (TPSA) is 70.8 Å².